The first-order chi connectivity index (χ1) is 18.5. The monoisotopic (exact) mass is 585 g/mol. The van der Waals surface area contributed by atoms with Crippen LogP contribution in [-0.2, 0) is 23.9 Å². The van der Waals surface area contributed by atoms with Gasteiger partial charge in [0.15, 0.2) is 0 Å². The number of carboxylic acid groups (broad SMARTS) is 1. The van der Waals surface area contributed by atoms with E-state index in [2.05, 4.69) is 4.74 Å². The Bertz CT molecular complexity index is 818. The van der Waals surface area contributed by atoms with E-state index in [0.717, 1.165) is 23.1 Å². The number of hydrogen-bond donors (Lipinski definition) is 11. The van der Waals surface area contributed by atoms with Crippen LogP contribution < -0.4 is 0 Å². The van der Waals surface area contributed by atoms with Crippen molar-refractivity contribution in [3.05, 3.63) is 24.3 Å². The number of rotatable bonds is 14. The van der Waals surface area contributed by atoms with Crippen molar-refractivity contribution in [3.8, 4) is 0 Å². The van der Waals surface area contributed by atoms with Gasteiger partial charge >= 0.3 is 17.9 Å². The number of esters is 2. The minimum Gasteiger partial charge on any atom is -0.478 e. The molecule has 1 rings (SSSR count). The summed E-state index contributed by atoms with van der Waals surface area (Å²) in [5.41, 5.74) is 0. The van der Waals surface area contributed by atoms with Crippen molar-refractivity contribution in [1.29, 1.82) is 0 Å². The molecule has 1 heterocycles. The van der Waals surface area contributed by atoms with Crippen LogP contribution in [0.2, 0.25) is 0 Å². The molecule has 0 fully saturated rings. The van der Waals surface area contributed by atoms with E-state index in [0.29, 0.717) is 18.9 Å². The van der Waals surface area contributed by atoms with Crippen LogP contribution in [0.5, 0.6) is 0 Å². The fourth-order valence-electron chi connectivity index (χ4n) is 2.64. The third-order valence-corrected chi connectivity index (χ3v) is 5.00. The molecule has 1 amide bonds. The number of nitrogens with zero attached hydrogens (tertiary/aromatic N) is 1. The molecule has 1 aliphatic rings. The van der Waals surface area contributed by atoms with Gasteiger partial charge in [-0.3, -0.25) is 4.79 Å². The summed E-state index contributed by atoms with van der Waals surface area (Å²) < 4.78 is 3.97. The summed E-state index contributed by atoms with van der Waals surface area (Å²) in [5, 5.41) is 99.6. The summed E-state index contributed by atoms with van der Waals surface area (Å²) in [6.07, 6.45) is -7.63. The van der Waals surface area contributed by atoms with Gasteiger partial charge in [-0.1, -0.05) is 13.3 Å². The second kappa shape index (κ2) is 21.0. The highest BCUT2D eigenvalue weighted by Crippen LogP contribution is 2.09. The predicted molar refractivity (Wildman–Crippen MR) is 132 cm³/mol. The summed E-state index contributed by atoms with van der Waals surface area (Å²) in [6, 6.07) is 0. The fourth-order valence-corrected chi connectivity index (χ4v) is 2.64. The van der Waals surface area contributed by atoms with Gasteiger partial charge in [-0.05, 0) is 6.42 Å². The molecule has 1 aliphatic heterocycles. The molecule has 0 aromatic carbocycles. The SMILES string of the molecule is CCC[C@H](O)[C@@H](O)[C@H](O)[C@H](O)CO.CN(C[C@H](O)[C@@H](O)[C@H](O)[C@H](O)CO)C(=O)/C=C\C(=O)O.O=C1C=CC(=O)O1. The quantitative estimate of drug-likeness (QED) is 0.0514. The number of likely N-dealkylation sites (N-methyl/N-ethyl adjacent to an activating group) is 1. The normalized spacial score (nSPS) is 18.6. The van der Waals surface area contributed by atoms with Crippen LogP contribution in [0, 0.1) is 0 Å². The molecule has 0 aromatic heterocycles. The van der Waals surface area contributed by atoms with Gasteiger partial charge in [-0.15, -0.1) is 0 Å². The zero-order valence-corrected chi connectivity index (χ0v) is 21.9. The third-order valence-electron chi connectivity index (χ3n) is 5.00. The van der Waals surface area contributed by atoms with Crippen LogP contribution in [0.1, 0.15) is 19.8 Å². The number of hydrogen-bond acceptors (Lipinski definition) is 15. The Hall–Kier alpha value is -2.84. The number of amides is 1. The number of cyclic esters (lactones) is 2. The fraction of sp³-hybridized carbons (Fsp3) is 0.652. The summed E-state index contributed by atoms with van der Waals surface area (Å²) in [6.45, 7) is -0.0257. The summed E-state index contributed by atoms with van der Waals surface area (Å²) in [7, 11) is 1.25. The molecule has 0 bridgehead atoms. The van der Waals surface area contributed by atoms with Gasteiger partial charge in [0.05, 0.1) is 19.3 Å². The van der Waals surface area contributed by atoms with E-state index in [1.54, 1.807) is 0 Å². The zero-order valence-electron chi connectivity index (χ0n) is 21.9. The van der Waals surface area contributed by atoms with Gasteiger partial charge in [0, 0.05) is 37.9 Å². The predicted octanol–water partition coefficient (Wildman–Crippen LogP) is -5.63. The van der Waals surface area contributed by atoms with Crippen LogP contribution in [0.4, 0.5) is 0 Å². The Labute approximate surface area is 229 Å². The Kier molecular flexibility index (Phi) is 20.6. The lowest BCUT2D eigenvalue weighted by Gasteiger charge is -2.28. The highest BCUT2D eigenvalue weighted by molar-refractivity contribution is 6.04. The maximum atomic E-state index is 11.4. The molecule has 11 N–H and O–H groups in total. The van der Waals surface area contributed by atoms with Crippen LogP contribution in [0.15, 0.2) is 24.3 Å². The van der Waals surface area contributed by atoms with Crippen molar-refractivity contribution in [2.45, 2.75) is 68.6 Å². The minimum atomic E-state index is -1.78. The highest BCUT2D eigenvalue weighted by atomic mass is 16.6. The highest BCUT2D eigenvalue weighted by Gasteiger charge is 2.31. The Morgan fingerprint density at radius 2 is 1.18 bits per heavy atom. The first-order valence-corrected chi connectivity index (χ1v) is 11.8. The number of carboxylic acids is 1. The molecular weight excluding hydrogens is 546 g/mol. The van der Waals surface area contributed by atoms with Crippen molar-refractivity contribution in [1.82, 2.24) is 4.90 Å². The second-order valence-electron chi connectivity index (χ2n) is 8.35. The Morgan fingerprint density at radius 3 is 1.50 bits per heavy atom. The maximum absolute atomic E-state index is 11.4. The van der Waals surface area contributed by atoms with Crippen molar-refractivity contribution in [2.24, 2.45) is 0 Å². The number of aliphatic carboxylic acids is 1. The summed E-state index contributed by atoms with van der Waals surface area (Å²) in [5.74, 6) is -3.19. The smallest absolute Gasteiger partial charge is 0.338 e. The van der Waals surface area contributed by atoms with Gasteiger partial charge in [0.25, 0.3) is 0 Å². The minimum absolute atomic E-state index is 0.344. The molecule has 0 aromatic rings. The number of carbonyl (C=O) groups excluding carboxylic acids is 3. The lowest BCUT2D eigenvalue weighted by molar-refractivity contribution is -0.150. The first-order valence-electron chi connectivity index (χ1n) is 11.8. The van der Waals surface area contributed by atoms with Gasteiger partial charge in [0.1, 0.15) is 42.7 Å². The lowest BCUT2D eigenvalue weighted by atomic mass is 10.0. The maximum Gasteiger partial charge on any atom is 0.338 e. The molecule has 0 unspecified atom stereocenters. The molecule has 40 heavy (non-hydrogen) atoms. The first kappa shape index (κ1) is 39.3. The van der Waals surface area contributed by atoms with Crippen molar-refractivity contribution in [3.63, 3.8) is 0 Å². The number of ether oxygens (including phenoxy) is 1. The molecule has 0 radical (unpaired) electrons. The molecule has 0 spiro atoms. The molecule has 8 atom stereocenters. The topological polar surface area (TPSA) is 303 Å². The molecule has 17 nitrogen and oxygen atoms in total. The summed E-state index contributed by atoms with van der Waals surface area (Å²) >= 11 is 0. The zero-order chi connectivity index (χ0) is 31.6. The number of aliphatic hydroxyl groups is 10. The van der Waals surface area contributed by atoms with Crippen LogP contribution in [0.25, 0.3) is 0 Å². The van der Waals surface area contributed by atoms with E-state index >= 15 is 0 Å². The van der Waals surface area contributed by atoms with Crippen molar-refractivity contribution in [2.75, 3.05) is 26.8 Å². The van der Waals surface area contributed by atoms with E-state index < -0.39 is 92.4 Å². The third kappa shape index (κ3) is 16.3. The van der Waals surface area contributed by atoms with Crippen molar-refractivity contribution >= 4 is 23.8 Å². The van der Waals surface area contributed by atoms with E-state index in [4.69, 9.17) is 30.6 Å². The Balaban J connectivity index is 0. The molecule has 17 heteroatoms. The second-order valence-corrected chi connectivity index (χ2v) is 8.35. The van der Waals surface area contributed by atoms with Gasteiger partial charge in [-0.25, -0.2) is 14.4 Å². The standard InChI is InChI=1S/C11H19NO8.C8H18O5.C4H2O3/c1-12(8(16)2-3-9(17)18)4-6(14)10(19)11(20)7(15)5-13;1-2-3-5(10)7(12)8(13)6(11)4-9;5-3-1-2-4(6)7-3/h2-3,6-7,10-11,13-15,19-20H,4-5H2,1H3,(H,17,18);5-13H,2-4H2,1H3;1-2H/b3-2-;;/t6-,7+,10+,11+;5-,6+,7+,8+;/m00./s1. The average Bonchev–Trinajstić information content (AvgIpc) is 3.31. The van der Waals surface area contributed by atoms with Crippen LogP contribution >= 0.6 is 0 Å². The van der Waals surface area contributed by atoms with Crippen molar-refractivity contribution < 1.29 is 80.1 Å². The largest absolute Gasteiger partial charge is 0.478 e. The summed E-state index contributed by atoms with van der Waals surface area (Å²) in [4.78, 5) is 42.4. The molecule has 0 aliphatic carbocycles. The van der Waals surface area contributed by atoms with E-state index in [1.807, 2.05) is 6.92 Å². The van der Waals surface area contributed by atoms with E-state index in [1.165, 1.54) is 7.05 Å². The van der Waals surface area contributed by atoms with Crippen LogP contribution in [-0.4, -0.2) is 161 Å². The molecule has 232 valence electrons. The molecule has 0 saturated carbocycles. The van der Waals surface area contributed by atoms with E-state index in [9.17, 15) is 44.7 Å². The van der Waals surface area contributed by atoms with Gasteiger partial charge in [-0.2, -0.15) is 0 Å². The van der Waals surface area contributed by atoms with E-state index in [-0.39, 0.29) is 0 Å². The number of carbonyl (C=O) groups is 4. The van der Waals surface area contributed by atoms with Crippen LogP contribution in [0.3, 0.4) is 0 Å². The molecule has 0 saturated heterocycles. The molecular formula is C23H39NO16. The average molecular weight is 586 g/mol. The van der Waals surface area contributed by atoms with Gasteiger partial charge < -0.3 is 65.8 Å². The lowest BCUT2D eigenvalue weighted by Crippen LogP contribution is -2.49. The Morgan fingerprint density at radius 1 is 0.775 bits per heavy atom. The number of aliphatic hydroxyl groups excluding tert-OH is 10. The van der Waals surface area contributed by atoms with Gasteiger partial charge in [0.2, 0.25) is 5.91 Å².